The van der Waals surface area contributed by atoms with E-state index in [0.29, 0.717) is 22.6 Å². The van der Waals surface area contributed by atoms with Gasteiger partial charge in [0.1, 0.15) is 5.75 Å². The molecule has 0 unspecified atom stereocenters. The first kappa shape index (κ1) is 14.6. The van der Waals surface area contributed by atoms with Crippen LogP contribution in [0, 0.1) is 0 Å². The van der Waals surface area contributed by atoms with Crippen LogP contribution in [0.3, 0.4) is 0 Å². The highest BCUT2D eigenvalue weighted by atomic mass is 32.2. The summed E-state index contributed by atoms with van der Waals surface area (Å²) in [7, 11) is 0. The third-order valence-electron chi connectivity index (χ3n) is 2.23. The van der Waals surface area contributed by atoms with E-state index < -0.39 is 0 Å². The molecule has 0 aliphatic heterocycles. The van der Waals surface area contributed by atoms with Crippen molar-refractivity contribution in [3.8, 4) is 5.75 Å². The van der Waals surface area contributed by atoms with Crippen molar-refractivity contribution >= 4 is 40.1 Å². The summed E-state index contributed by atoms with van der Waals surface area (Å²) in [6.45, 7) is 2.53. The highest BCUT2D eigenvalue weighted by Gasteiger charge is 2.07. The quantitative estimate of drug-likeness (QED) is 0.829. The minimum atomic E-state index is -0.349. The molecule has 2 N–H and O–H groups in total. The Bertz CT molecular complexity index is 571. The summed E-state index contributed by atoms with van der Waals surface area (Å²) in [5.41, 5.74) is 0.681. The molecular formula is C12H14N4O2S2. The minimum absolute atomic E-state index is 0.349. The number of amides is 2. The van der Waals surface area contributed by atoms with Gasteiger partial charge in [0.25, 0.3) is 0 Å². The van der Waals surface area contributed by atoms with Crippen molar-refractivity contribution in [1.29, 1.82) is 0 Å². The average molecular weight is 310 g/mol. The molecule has 6 nitrogen and oxygen atoms in total. The number of thioether (sulfide) groups is 1. The largest absolute Gasteiger partial charge is 0.494 e. The van der Waals surface area contributed by atoms with Gasteiger partial charge in [0.15, 0.2) is 0 Å². The number of nitrogens with one attached hydrogen (secondary N) is 2. The molecule has 106 valence electrons. The predicted molar refractivity (Wildman–Crippen MR) is 81.9 cm³/mol. The van der Waals surface area contributed by atoms with Gasteiger partial charge in [-0.15, -0.1) is 0 Å². The number of hydrogen-bond donors (Lipinski definition) is 2. The zero-order valence-corrected chi connectivity index (χ0v) is 12.7. The highest BCUT2D eigenvalue weighted by molar-refractivity contribution is 7.98. The van der Waals surface area contributed by atoms with E-state index in [2.05, 4.69) is 20.0 Å². The van der Waals surface area contributed by atoms with Gasteiger partial charge in [-0.05, 0) is 37.4 Å². The molecule has 0 atom stereocenters. The predicted octanol–water partition coefficient (Wildman–Crippen LogP) is 3.30. The molecule has 1 aromatic heterocycles. The fraction of sp³-hybridized carbons (Fsp3) is 0.250. The SMILES string of the molecule is CCOc1ccc(NC(=O)Nc2nc(SC)ns2)cc1. The van der Waals surface area contributed by atoms with Crippen LogP contribution in [0.2, 0.25) is 0 Å². The number of hydrogen-bond acceptors (Lipinski definition) is 6. The number of carbonyl (C=O) groups excluding carboxylic acids is 1. The summed E-state index contributed by atoms with van der Waals surface area (Å²) in [6, 6.07) is 6.81. The van der Waals surface area contributed by atoms with Gasteiger partial charge < -0.3 is 10.1 Å². The Morgan fingerprint density at radius 2 is 2.10 bits per heavy atom. The van der Waals surface area contributed by atoms with E-state index in [4.69, 9.17) is 4.74 Å². The van der Waals surface area contributed by atoms with Gasteiger partial charge in [0.05, 0.1) is 6.61 Å². The van der Waals surface area contributed by atoms with E-state index in [1.807, 2.05) is 13.2 Å². The third-order valence-corrected chi connectivity index (χ3v) is 3.53. The van der Waals surface area contributed by atoms with Gasteiger partial charge in [-0.1, -0.05) is 11.8 Å². The Hall–Kier alpha value is -1.80. The van der Waals surface area contributed by atoms with E-state index in [9.17, 15) is 4.79 Å². The Labute approximate surface area is 125 Å². The molecule has 0 radical (unpaired) electrons. The maximum Gasteiger partial charge on any atom is 0.325 e. The molecule has 0 aliphatic rings. The average Bonchev–Trinajstić information content (AvgIpc) is 2.89. The smallest absolute Gasteiger partial charge is 0.325 e. The molecule has 0 bridgehead atoms. The summed E-state index contributed by atoms with van der Waals surface area (Å²) >= 11 is 2.58. The van der Waals surface area contributed by atoms with E-state index >= 15 is 0 Å². The minimum Gasteiger partial charge on any atom is -0.494 e. The molecular weight excluding hydrogens is 296 g/mol. The fourth-order valence-electron chi connectivity index (χ4n) is 1.40. The maximum atomic E-state index is 11.8. The maximum absolute atomic E-state index is 11.8. The molecule has 0 spiro atoms. The van der Waals surface area contributed by atoms with Crippen molar-refractivity contribution in [2.45, 2.75) is 12.1 Å². The molecule has 0 saturated carbocycles. The van der Waals surface area contributed by atoms with Crippen LogP contribution >= 0.6 is 23.3 Å². The molecule has 2 rings (SSSR count). The second kappa shape index (κ2) is 7.11. The number of carbonyl (C=O) groups is 1. The Morgan fingerprint density at radius 1 is 1.35 bits per heavy atom. The van der Waals surface area contributed by atoms with E-state index in [1.54, 1.807) is 24.3 Å². The second-order valence-corrected chi connectivity index (χ2v) is 5.15. The molecule has 2 amide bonds. The van der Waals surface area contributed by atoms with E-state index in [-0.39, 0.29) is 6.03 Å². The Balaban J connectivity index is 1.90. The topological polar surface area (TPSA) is 76.1 Å². The lowest BCUT2D eigenvalue weighted by atomic mass is 10.3. The van der Waals surface area contributed by atoms with Crippen molar-refractivity contribution in [3.63, 3.8) is 0 Å². The standard InChI is InChI=1S/C12H14N4O2S2/c1-3-18-9-6-4-8(5-7-9)13-10(17)14-11-15-12(19-2)16-20-11/h4-7H,3H2,1-2H3,(H2,13,14,15,16,17). The molecule has 0 aliphatic carbocycles. The number of aromatic nitrogens is 2. The van der Waals surface area contributed by atoms with Crippen molar-refractivity contribution < 1.29 is 9.53 Å². The van der Waals surface area contributed by atoms with Crippen LogP contribution in [0.1, 0.15) is 6.92 Å². The highest BCUT2D eigenvalue weighted by Crippen LogP contribution is 2.19. The normalized spacial score (nSPS) is 10.1. The summed E-state index contributed by atoms with van der Waals surface area (Å²) in [5.74, 6) is 0.771. The Morgan fingerprint density at radius 3 is 2.70 bits per heavy atom. The zero-order chi connectivity index (χ0) is 14.4. The summed E-state index contributed by atoms with van der Waals surface area (Å²) < 4.78 is 9.39. The first-order valence-corrected chi connectivity index (χ1v) is 7.89. The van der Waals surface area contributed by atoms with E-state index in [1.165, 1.54) is 11.8 Å². The number of ether oxygens (including phenoxy) is 1. The van der Waals surface area contributed by atoms with Crippen LogP contribution in [-0.4, -0.2) is 28.3 Å². The van der Waals surface area contributed by atoms with Crippen LogP contribution in [-0.2, 0) is 0 Å². The first-order chi connectivity index (χ1) is 9.71. The zero-order valence-electron chi connectivity index (χ0n) is 11.0. The van der Waals surface area contributed by atoms with E-state index in [0.717, 1.165) is 17.3 Å². The van der Waals surface area contributed by atoms with Gasteiger partial charge in [-0.2, -0.15) is 9.36 Å². The molecule has 8 heteroatoms. The molecule has 0 saturated heterocycles. The van der Waals surface area contributed by atoms with Crippen LogP contribution in [0.5, 0.6) is 5.75 Å². The number of nitrogens with zero attached hydrogens (tertiary/aromatic N) is 2. The van der Waals surface area contributed by atoms with Crippen LogP contribution in [0.15, 0.2) is 29.4 Å². The first-order valence-electron chi connectivity index (χ1n) is 5.90. The number of anilines is 2. The van der Waals surface area contributed by atoms with Gasteiger partial charge in [0.2, 0.25) is 10.3 Å². The lowest BCUT2D eigenvalue weighted by molar-refractivity contribution is 0.262. The number of urea groups is 1. The van der Waals surface area contributed by atoms with Gasteiger partial charge >= 0.3 is 6.03 Å². The summed E-state index contributed by atoms with van der Waals surface area (Å²) in [5, 5.41) is 6.46. The van der Waals surface area contributed by atoms with Gasteiger partial charge in [0, 0.05) is 17.2 Å². The number of rotatable bonds is 5. The van der Waals surface area contributed by atoms with Crippen molar-refractivity contribution in [1.82, 2.24) is 9.36 Å². The van der Waals surface area contributed by atoms with Crippen LogP contribution < -0.4 is 15.4 Å². The van der Waals surface area contributed by atoms with Crippen molar-refractivity contribution in [2.75, 3.05) is 23.5 Å². The fourth-order valence-corrected chi connectivity index (χ4v) is 2.53. The van der Waals surface area contributed by atoms with Gasteiger partial charge in [-0.3, -0.25) is 5.32 Å². The molecule has 1 aromatic carbocycles. The molecule has 20 heavy (non-hydrogen) atoms. The summed E-state index contributed by atoms with van der Waals surface area (Å²) in [6.07, 6.45) is 1.88. The van der Waals surface area contributed by atoms with Crippen LogP contribution in [0.25, 0.3) is 0 Å². The number of benzene rings is 1. The lowest BCUT2D eigenvalue weighted by Gasteiger charge is -2.06. The molecule has 0 fully saturated rings. The van der Waals surface area contributed by atoms with Crippen molar-refractivity contribution in [3.05, 3.63) is 24.3 Å². The monoisotopic (exact) mass is 310 g/mol. The van der Waals surface area contributed by atoms with Crippen LogP contribution in [0.4, 0.5) is 15.6 Å². The molecule has 2 aromatic rings. The third kappa shape index (κ3) is 4.10. The lowest BCUT2D eigenvalue weighted by Crippen LogP contribution is -2.19. The second-order valence-electron chi connectivity index (χ2n) is 3.62. The van der Waals surface area contributed by atoms with Gasteiger partial charge in [-0.25, -0.2) is 4.79 Å². The molecule has 1 heterocycles. The van der Waals surface area contributed by atoms with Crippen molar-refractivity contribution in [2.24, 2.45) is 0 Å². The summed E-state index contributed by atoms with van der Waals surface area (Å²) in [4.78, 5) is 15.9. The Kier molecular flexibility index (Phi) is 5.19.